The van der Waals surface area contributed by atoms with Crippen molar-refractivity contribution < 1.29 is 9.21 Å². The summed E-state index contributed by atoms with van der Waals surface area (Å²) in [5.41, 5.74) is 0. The van der Waals surface area contributed by atoms with E-state index in [0.29, 0.717) is 18.9 Å². The molecule has 0 radical (unpaired) electrons. The average Bonchev–Trinajstić information content (AvgIpc) is 2.79. The molecule has 1 aromatic rings. The number of carbonyl (C=O) groups is 1. The van der Waals surface area contributed by atoms with Crippen LogP contribution < -0.4 is 5.32 Å². The van der Waals surface area contributed by atoms with Crippen molar-refractivity contribution in [2.24, 2.45) is 0 Å². The Kier molecular flexibility index (Phi) is 3.62. The molecule has 0 unspecified atom stereocenters. The number of furan rings is 1. The highest BCUT2D eigenvalue weighted by atomic mass is 16.3. The summed E-state index contributed by atoms with van der Waals surface area (Å²) in [5.74, 6) is 1.11. The fourth-order valence-corrected chi connectivity index (χ4v) is 2.04. The Morgan fingerprint density at radius 1 is 1.69 bits per heavy atom. The van der Waals surface area contributed by atoms with Gasteiger partial charge in [-0.15, -0.1) is 0 Å². The molecule has 2 heterocycles. The third-order valence-corrected chi connectivity index (χ3v) is 2.99. The minimum atomic E-state index is 0.227. The van der Waals surface area contributed by atoms with Gasteiger partial charge in [-0.2, -0.15) is 0 Å². The van der Waals surface area contributed by atoms with Gasteiger partial charge in [0.1, 0.15) is 5.76 Å². The van der Waals surface area contributed by atoms with Gasteiger partial charge in [-0.25, -0.2) is 0 Å². The lowest BCUT2D eigenvalue weighted by atomic mass is 10.1. The first kappa shape index (κ1) is 11.2. The van der Waals surface area contributed by atoms with Gasteiger partial charge < -0.3 is 14.6 Å². The fourth-order valence-electron chi connectivity index (χ4n) is 2.04. The summed E-state index contributed by atoms with van der Waals surface area (Å²) in [5, 5.41) is 3.28. The van der Waals surface area contributed by atoms with Gasteiger partial charge in [0.25, 0.3) is 0 Å². The van der Waals surface area contributed by atoms with Gasteiger partial charge in [0, 0.05) is 38.5 Å². The van der Waals surface area contributed by atoms with Crippen LogP contribution in [0.15, 0.2) is 22.8 Å². The van der Waals surface area contributed by atoms with Crippen molar-refractivity contribution in [1.29, 1.82) is 0 Å². The summed E-state index contributed by atoms with van der Waals surface area (Å²) in [6.45, 7) is 4.69. The van der Waals surface area contributed by atoms with Crippen molar-refractivity contribution in [1.82, 2.24) is 10.2 Å². The quantitative estimate of drug-likeness (QED) is 0.831. The number of hydrogen-bond acceptors (Lipinski definition) is 3. The standard InChI is InChI=1S/C12H18N2O2/c1-10-9-13-6-7-14(10)12(15)5-4-11-3-2-8-16-11/h2-3,8,10,13H,4-7,9H2,1H3/t10-/m0/s1. The lowest BCUT2D eigenvalue weighted by molar-refractivity contribution is -0.133. The van der Waals surface area contributed by atoms with E-state index in [1.54, 1.807) is 6.26 Å². The number of carbonyl (C=O) groups excluding carboxylic acids is 1. The molecule has 0 bridgehead atoms. The Hall–Kier alpha value is -1.29. The lowest BCUT2D eigenvalue weighted by Gasteiger charge is -2.34. The fraction of sp³-hybridized carbons (Fsp3) is 0.583. The molecular weight excluding hydrogens is 204 g/mol. The van der Waals surface area contributed by atoms with E-state index in [-0.39, 0.29) is 5.91 Å². The van der Waals surface area contributed by atoms with Crippen LogP contribution in [0.3, 0.4) is 0 Å². The molecule has 1 aromatic heterocycles. The number of amides is 1. The second-order valence-electron chi connectivity index (χ2n) is 4.22. The monoisotopic (exact) mass is 222 g/mol. The van der Waals surface area contributed by atoms with Gasteiger partial charge in [0.15, 0.2) is 0 Å². The van der Waals surface area contributed by atoms with Crippen molar-refractivity contribution in [2.45, 2.75) is 25.8 Å². The SMILES string of the molecule is C[C@H]1CNCCN1C(=O)CCc1ccco1. The predicted molar refractivity (Wildman–Crippen MR) is 61.1 cm³/mol. The van der Waals surface area contributed by atoms with Crippen molar-refractivity contribution in [2.75, 3.05) is 19.6 Å². The van der Waals surface area contributed by atoms with Crippen molar-refractivity contribution >= 4 is 5.91 Å². The zero-order valence-corrected chi connectivity index (χ0v) is 9.61. The predicted octanol–water partition coefficient (Wildman–Crippen LogP) is 1.03. The van der Waals surface area contributed by atoms with E-state index in [2.05, 4.69) is 12.2 Å². The van der Waals surface area contributed by atoms with Gasteiger partial charge >= 0.3 is 0 Å². The maximum absolute atomic E-state index is 12.0. The molecule has 16 heavy (non-hydrogen) atoms. The number of rotatable bonds is 3. The average molecular weight is 222 g/mol. The highest BCUT2D eigenvalue weighted by Crippen LogP contribution is 2.09. The molecule has 1 fully saturated rings. The Morgan fingerprint density at radius 3 is 3.25 bits per heavy atom. The number of nitrogens with zero attached hydrogens (tertiary/aromatic N) is 1. The largest absolute Gasteiger partial charge is 0.469 e. The van der Waals surface area contributed by atoms with Crippen LogP contribution in [0.5, 0.6) is 0 Å². The smallest absolute Gasteiger partial charge is 0.223 e. The Morgan fingerprint density at radius 2 is 2.56 bits per heavy atom. The zero-order chi connectivity index (χ0) is 11.4. The summed E-state index contributed by atoms with van der Waals surface area (Å²) in [6, 6.07) is 4.07. The van der Waals surface area contributed by atoms with Crippen LogP contribution in [0.4, 0.5) is 0 Å². The minimum absolute atomic E-state index is 0.227. The summed E-state index contributed by atoms with van der Waals surface area (Å²) >= 11 is 0. The first-order valence-corrected chi connectivity index (χ1v) is 5.80. The number of aryl methyl sites for hydroxylation is 1. The third-order valence-electron chi connectivity index (χ3n) is 2.99. The number of nitrogens with one attached hydrogen (secondary N) is 1. The van der Waals surface area contributed by atoms with Crippen LogP contribution in [0.1, 0.15) is 19.1 Å². The third kappa shape index (κ3) is 2.64. The first-order chi connectivity index (χ1) is 7.77. The molecule has 0 aromatic carbocycles. The van der Waals surface area contributed by atoms with E-state index in [1.165, 1.54) is 0 Å². The highest BCUT2D eigenvalue weighted by molar-refractivity contribution is 5.76. The van der Waals surface area contributed by atoms with Gasteiger partial charge in [-0.3, -0.25) is 4.79 Å². The van der Waals surface area contributed by atoms with Crippen LogP contribution in [0.2, 0.25) is 0 Å². The normalized spacial score (nSPS) is 21.1. The molecule has 88 valence electrons. The molecule has 1 saturated heterocycles. The summed E-state index contributed by atoms with van der Waals surface area (Å²) in [4.78, 5) is 13.9. The van der Waals surface area contributed by atoms with E-state index < -0.39 is 0 Å². The molecule has 1 aliphatic heterocycles. The van der Waals surface area contributed by atoms with Crippen LogP contribution >= 0.6 is 0 Å². The molecule has 4 nitrogen and oxygen atoms in total. The maximum Gasteiger partial charge on any atom is 0.223 e. The topological polar surface area (TPSA) is 45.5 Å². The zero-order valence-electron chi connectivity index (χ0n) is 9.61. The van der Waals surface area contributed by atoms with Crippen molar-refractivity contribution in [3.8, 4) is 0 Å². The molecule has 1 aliphatic rings. The molecule has 1 atom stereocenters. The van der Waals surface area contributed by atoms with E-state index in [0.717, 1.165) is 25.4 Å². The Balaban J connectivity index is 1.83. The first-order valence-electron chi connectivity index (χ1n) is 5.80. The van der Waals surface area contributed by atoms with Crippen molar-refractivity contribution in [3.63, 3.8) is 0 Å². The van der Waals surface area contributed by atoms with Crippen LogP contribution in [-0.4, -0.2) is 36.5 Å². The van der Waals surface area contributed by atoms with Gasteiger partial charge in [-0.1, -0.05) is 0 Å². The molecule has 2 rings (SSSR count). The molecule has 1 N–H and O–H groups in total. The molecule has 0 spiro atoms. The number of hydrogen-bond donors (Lipinski definition) is 1. The molecular formula is C12H18N2O2. The number of piperazine rings is 1. The lowest BCUT2D eigenvalue weighted by Crippen LogP contribution is -2.52. The summed E-state index contributed by atoms with van der Waals surface area (Å²) < 4.78 is 5.21. The highest BCUT2D eigenvalue weighted by Gasteiger charge is 2.22. The second kappa shape index (κ2) is 5.16. The molecule has 0 aliphatic carbocycles. The molecule has 4 heteroatoms. The Labute approximate surface area is 95.6 Å². The van der Waals surface area contributed by atoms with Gasteiger partial charge in [0.2, 0.25) is 5.91 Å². The van der Waals surface area contributed by atoms with Crippen LogP contribution in [0.25, 0.3) is 0 Å². The van der Waals surface area contributed by atoms with E-state index in [9.17, 15) is 4.79 Å². The van der Waals surface area contributed by atoms with Gasteiger partial charge in [-0.05, 0) is 19.1 Å². The van der Waals surface area contributed by atoms with Gasteiger partial charge in [0.05, 0.1) is 6.26 Å². The Bertz CT molecular complexity index is 335. The van der Waals surface area contributed by atoms with Crippen molar-refractivity contribution in [3.05, 3.63) is 24.2 Å². The minimum Gasteiger partial charge on any atom is -0.469 e. The summed E-state index contributed by atoms with van der Waals surface area (Å²) in [6.07, 6.45) is 2.88. The van der Waals surface area contributed by atoms with Crippen LogP contribution in [0, 0.1) is 0 Å². The summed E-state index contributed by atoms with van der Waals surface area (Å²) in [7, 11) is 0. The van der Waals surface area contributed by atoms with E-state index in [4.69, 9.17) is 4.42 Å². The molecule has 0 saturated carbocycles. The van der Waals surface area contributed by atoms with E-state index >= 15 is 0 Å². The second-order valence-corrected chi connectivity index (χ2v) is 4.22. The molecule has 1 amide bonds. The maximum atomic E-state index is 12.0. The van der Waals surface area contributed by atoms with E-state index in [1.807, 2.05) is 17.0 Å². The van der Waals surface area contributed by atoms with Crippen LogP contribution in [-0.2, 0) is 11.2 Å².